The Morgan fingerprint density at radius 2 is 1.64 bits per heavy atom. The lowest BCUT2D eigenvalue weighted by Gasteiger charge is -2.37. The van der Waals surface area contributed by atoms with Crippen LogP contribution < -0.4 is 16.0 Å². The van der Waals surface area contributed by atoms with Gasteiger partial charge in [0.15, 0.2) is 0 Å². The molecule has 0 aromatic rings. The average molecular weight is 587 g/mol. The molecule has 2 saturated carbocycles. The molecule has 10 heteroatoms. The summed E-state index contributed by atoms with van der Waals surface area (Å²) in [6, 6.07) is -2.68. The number of Topliss-reactive ketones (excluding diaryl/α,β-unsaturated/α-hetero) is 1. The average Bonchev–Trinajstić information content (AvgIpc) is 3.24. The van der Waals surface area contributed by atoms with Crippen molar-refractivity contribution in [3.63, 3.8) is 0 Å². The summed E-state index contributed by atoms with van der Waals surface area (Å²) in [6.45, 7) is 17.4. The molecule has 2 aliphatic carbocycles. The molecule has 3 rings (SSSR count). The zero-order valence-corrected chi connectivity index (χ0v) is 26.0. The van der Waals surface area contributed by atoms with Crippen LogP contribution in [0, 0.1) is 23.2 Å². The Balaban J connectivity index is 1.83. The van der Waals surface area contributed by atoms with E-state index in [9.17, 15) is 24.0 Å². The highest BCUT2D eigenvalue weighted by atomic mass is 16.6. The van der Waals surface area contributed by atoms with Crippen LogP contribution in [0.15, 0.2) is 25.3 Å². The number of nitrogens with zero attached hydrogens (tertiary/aromatic N) is 1. The number of likely N-dealkylation sites (tertiary alicyclic amines) is 1. The highest BCUT2D eigenvalue weighted by Crippen LogP contribution is 2.65. The van der Waals surface area contributed by atoms with Crippen LogP contribution in [0.3, 0.4) is 0 Å². The van der Waals surface area contributed by atoms with E-state index in [2.05, 4.69) is 43.0 Å². The second kappa shape index (κ2) is 13.9. The minimum Gasteiger partial charge on any atom is -0.444 e. The highest BCUT2D eigenvalue weighted by Gasteiger charge is 2.69. The van der Waals surface area contributed by atoms with Crippen LogP contribution >= 0.6 is 0 Å². The van der Waals surface area contributed by atoms with Gasteiger partial charge in [-0.25, -0.2) is 4.79 Å². The van der Waals surface area contributed by atoms with Gasteiger partial charge in [-0.15, -0.1) is 13.2 Å². The van der Waals surface area contributed by atoms with Crippen LogP contribution in [0.5, 0.6) is 0 Å². The molecule has 1 saturated heterocycles. The third kappa shape index (κ3) is 8.01. The summed E-state index contributed by atoms with van der Waals surface area (Å²) in [4.78, 5) is 68.1. The summed E-state index contributed by atoms with van der Waals surface area (Å²) in [5.41, 5.74) is -0.878. The third-order valence-corrected chi connectivity index (χ3v) is 8.97. The van der Waals surface area contributed by atoms with Crippen LogP contribution in [0.1, 0.15) is 86.0 Å². The van der Waals surface area contributed by atoms with Crippen molar-refractivity contribution in [3.8, 4) is 0 Å². The van der Waals surface area contributed by atoms with Crippen LogP contribution in [-0.4, -0.2) is 71.3 Å². The SMILES string of the molecule is C=CCCNC(=O)C(=O)C(CCC=C)NC(=O)[C@@H]1[C@@H]2C(CN1C(=O)[C@@H](NC(=O)OC(C)(C)C)C1CCCCC1)C2(C)C. The van der Waals surface area contributed by atoms with E-state index >= 15 is 0 Å². The zero-order valence-electron chi connectivity index (χ0n) is 26.0. The summed E-state index contributed by atoms with van der Waals surface area (Å²) in [6.07, 6.45) is 8.37. The van der Waals surface area contributed by atoms with E-state index in [4.69, 9.17) is 4.74 Å². The Morgan fingerprint density at radius 3 is 2.24 bits per heavy atom. The maximum absolute atomic E-state index is 14.2. The predicted molar refractivity (Wildman–Crippen MR) is 160 cm³/mol. The summed E-state index contributed by atoms with van der Waals surface area (Å²) >= 11 is 0. The van der Waals surface area contributed by atoms with Gasteiger partial charge >= 0.3 is 6.09 Å². The fourth-order valence-corrected chi connectivity index (χ4v) is 6.62. The second-order valence-corrected chi connectivity index (χ2v) is 13.5. The number of carbonyl (C=O) groups excluding carboxylic acids is 5. The molecule has 4 amide bonds. The maximum atomic E-state index is 14.2. The number of hydrogen-bond donors (Lipinski definition) is 3. The van der Waals surface area contributed by atoms with Crippen LogP contribution in [-0.2, 0) is 23.9 Å². The topological polar surface area (TPSA) is 134 Å². The number of piperidine rings is 1. The first-order valence-corrected chi connectivity index (χ1v) is 15.4. The molecule has 1 heterocycles. The molecule has 1 aliphatic heterocycles. The summed E-state index contributed by atoms with van der Waals surface area (Å²) < 4.78 is 5.49. The first kappa shape index (κ1) is 33.3. The predicted octanol–water partition coefficient (Wildman–Crippen LogP) is 3.66. The number of fused-ring (bicyclic) bond motifs is 1. The van der Waals surface area contributed by atoms with Crippen LogP contribution in [0.25, 0.3) is 0 Å². The molecule has 3 N–H and O–H groups in total. The molecule has 0 aromatic carbocycles. The zero-order chi connectivity index (χ0) is 31.2. The van der Waals surface area contributed by atoms with E-state index < -0.39 is 47.4 Å². The van der Waals surface area contributed by atoms with Gasteiger partial charge in [0.2, 0.25) is 17.6 Å². The highest BCUT2D eigenvalue weighted by molar-refractivity contribution is 6.38. The van der Waals surface area contributed by atoms with Gasteiger partial charge in [0.25, 0.3) is 5.91 Å². The monoisotopic (exact) mass is 586 g/mol. The number of alkyl carbamates (subject to hydrolysis) is 1. The number of ether oxygens (including phenoxy) is 1. The Labute approximate surface area is 250 Å². The molecular weight excluding hydrogens is 536 g/mol. The molecule has 5 atom stereocenters. The minimum absolute atomic E-state index is 0.0615. The molecule has 234 valence electrons. The van der Waals surface area contributed by atoms with E-state index in [-0.39, 0.29) is 42.0 Å². The second-order valence-electron chi connectivity index (χ2n) is 13.5. The van der Waals surface area contributed by atoms with Crippen molar-refractivity contribution in [3.05, 3.63) is 25.3 Å². The van der Waals surface area contributed by atoms with Gasteiger partial charge in [-0.2, -0.15) is 0 Å². The van der Waals surface area contributed by atoms with Gasteiger partial charge in [-0.1, -0.05) is 45.3 Å². The minimum atomic E-state index is -1.05. The number of carbonyl (C=O) groups is 5. The smallest absolute Gasteiger partial charge is 0.408 e. The van der Waals surface area contributed by atoms with Crippen molar-refractivity contribution >= 4 is 29.6 Å². The van der Waals surface area contributed by atoms with Crippen molar-refractivity contribution in [2.24, 2.45) is 23.2 Å². The van der Waals surface area contributed by atoms with Crippen molar-refractivity contribution in [2.45, 2.75) is 110 Å². The van der Waals surface area contributed by atoms with E-state index in [0.29, 0.717) is 19.4 Å². The number of nitrogens with one attached hydrogen (secondary N) is 3. The summed E-state index contributed by atoms with van der Waals surface area (Å²) in [7, 11) is 0. The molecule has 0 bridgehead atoms. The van der Waals surface area contributed by atoms with E-state index in [1.165, 1.54) is 0 Å². The Hall–Kier alpha value is -3.17. The summed E-state index contributed by atoms with van der Waals surface area (Å²) in [5.74, 6) is -2.29. The molecule has 2 unspecified atom stereocenters. The van der Waals surface area contributed by atoms with Crippen LogP contribution in [0.4, 0.5) is 4.79 Å². The first-order valence-electron chi connectivity index (χ1n) is 15.4. The van der Waals surface area contributed by atoms with E-state index in [0.717, 1.165) is 32.1 Å². The number of amides is 4. The fourth-order valence-electron chi connectivity index (χ4n) is 6.62. The summed E-state index contributed by atoms with van der Waals surface area (Å²) in [5, 5.41) is 8.23. The van der Waals surface area contributed by atoms with Crippen molar-refractivity contribution < 1.29 is 28.7 Å². The molecule has 3 fully saturated rings. The molecule has 3 aliphatic rings. The van der Waals surface area contributed by atoms with Crippen LogP contribution in [0.2, 0.25) is 0 Å². The maximum Gasteiger partial charge on any atom is 0.408 e. The fraction of sp³-hybridized carbons (Fsp3) is 0.719. The Kier molecular flexibility index (Phi) is 11.0. The number of rotatable bonds is 13. The van der Waals surface area contributed by atoms with Gasteiger partial charge in [0.05, 0.1) is 6.04 Å². The van der Waals surface area contributed by atoms with E-state index in [1.54, 1.807) is 37.8 Å². The first-order chi connectivity index (χ1) is 19.7. The van der Waals surface area contributed by atoms with E-state index in [1.807, 2.05) is 0 Å². The van der Waals surface area contributed by atoms with Gasteiger partial charge in [0, 0.05) is 13.1 Å². The molecule has 42 heavy (non-hydrogen) atoms. The number of allylic oxidation sites excluding steroid dienone is 1. The number of hydrogen-bond acceptors (Lipinski definition) is 6. The number of ketones is 1. The lowest BCUT2D eigenvalue weighted by Crippen LogP contribution is -2.59. The van der Waals surface area contributed by atoms with Crippen molar-refractivity contribution in [1.29, 1.82) is 0 Å². The molecular formula is C32H50N4O6. The molecule has 0 aromatic heterocycles. The van der Waals surface area contributed by atoms with Gasteiger partial charge in [0.1, 0.15) is 17.7 Å². The Morgan fingerprint density at radius 1 is 1.00 bits per heavy atom. The van der Waals surface area contributed by atoms with Gasteiger partial charge in [-0.3, -0.25) is 19.2 Å². The third-order valence-electron chi connectivity index (χ3n) is 8.97. The van der Waals surface area contributed by atoms with Gasteiger partial charge < -0.3 is 25.6 Å². The normalized spacial score (nSPS) is 24.4. The molecule has 0 spiro atoms. The van der Waals surface area contributed by atoms with Gasteiger partial charge in [-0.05, 0) is 76.0 Å². The standard InChI is InChI=1S/C32H50N4O6/c1-8-10-17-22(26(37)28(39)33-18-11-9-2)34-27(38)25-23-21(32(23,6)7)19-36(25)29(40)24(20-15-13-12-14-16-20)35-30(41)42-31(3,4)5/h8-9,20-25H,1-2,10-19H2,3-7H3,(H,33,39)(H,34,38)(H,35,41)/t21?,22?,23-,24-,25-/m0/s1. The quantitative estimate of drug-likeness (QED) is 0.171. The lowest BCUT2D eigenvalue weighted by atomic mass is 9.83. The Bertz CT molecular complexity index is 1060. The molecule has 0 radical (unpaired) electrons. The van der Waals surface area contributed by atoms with Crippen molar-refractivity contribution in [1.82, 2.24) is 20.9 Å². The van der Waals surface area contributed by atoms with Crippen molar-refractivity contribution in [2.75, 3.05) is 13.1 Å². The lowest BCUT2D eigenvalue weighted by molar-refractivity contribution is -0.145. The largest absolute Gasteiger partial charge is 0.444 e. The molecule has 10 nitrogen and oxygen atoms in total.